The molecule has 80 heavy (non-hydrogen) atoms. The molecule has 0 bridgehead atoms. The molecule has 2 aromatic carbocycles. The third-order valence-electron chi connectivity index (χ3n) is 14.6. The Balaban J connectivity index is 1.96. The van der Waals surface area contributed by atoms with Crippen molar-refractivity contribution in [3.8, 4) is 28.7 Å². The van der Waals surface area contributed by atoms with Gasteiger partial charge in [0.2, 0.25) is 11.5 Å². The predicted molar refractivity (Wildman–Crippen MR) is 339 cm³/mol. The van der Waals surface area contributed by atoms with Gasteiger partial charge in [-0.3, -0.25) is 0 Å². The first kappa shape index (κ1) is 70.8. The smallest absolute Gasteiger partial charge is 0.207 e. The van der Waals surface area contributed by atoms with E-state index in [1.165, 1.54) is 65.2 Å². The highest BCUT2D eigenvalue weighted by atomic mass is 32.2. The van der Waals surface area contributed by atoms with E-state index in [2.05, 4.69) is 124 Å². The van der Waals surface area contributed by atoms with Crippen LogP contribution in [0, 0.1) is 6.92 Å². The number of rotatable bonds is 40. The average Bonchev–Trinajstić information content (AvgIpc) is 3.56. The summed E-state index contributed by atoms with van der Waals surface area (Å²) in [6.07, 6.45) is 41.2. The molecule has 0 spiro atoms. The minimum absolute atomic E-state index is 0.0139. The molecule has 1 unspecified atom stereocenters. The SMILES string of the molecule is COCOc1c(C)c(C/C=C(\C)C(C/C=C(\C)CC/C=C(\C)CC/C=C(\C)CC/C=C(\C)CC/C=C(\C)CC/C=C(\C)CC/C=C(\C)CC/C=C(\C)CCC=C(C)C)S(=O)(=O)c2ccc(OC)cc2)c(OCOC)c(OC)c1OC. The summed E-state index contributed by atoms with van der Waals surface area (Å²) in [6.45, 7) is 26.0. The Hall–Kier alpha value is -5.29. The third-order valence-corrected chi connectivity index (χ3v) is 16.9. The van der Waals surface area contributed by atoms with Crippen molar-refractivity contribution in [2.24, 2.45) is 0 Å². The van der Waals surface area contributed by atoms with Crippen LogP contribution in [0.3, 0.4) is 0 Å². The summed E-state index contributed by atoms with van der Waals surface area (Å²) in [6, 6.07) is 6.59. The van der Waals surface area contributed by atoms with Crippen LogP contribution in [0.2, 0.25) is 0 Å². The highest BCUT2D eigenvalue weighted by Gasteiger charge is 2.30. The van der Waals surface area contributed by atoms with Gasteiger partial charge in [-0.25, -0.2) is 8.42 Å². The summed E-state index contributed by atoms with van der Waals surface area (Å²) in [4.78, 5) is 0.234. The summed E-state index contributed by atoms with van der Waals surface area (Å²) >= 11 is 0. The number of benzene rings is 2. The third kappa shape index (κ3) is 27.4. The standard InChI is InChI=1S/C70H106O9S/c1-52(2)26-18-27-53(3)28-19-29-54(4)30-20-31-55(5)32-21-33-56(6)34-22-35-57(7)36-23-37-58(8)38-24-39-59(9)40-25-41-60(10)42-49-66(80(71,72)64-46-44-63(75-15)45-47-64)61(11)43-48-65-62(12)67(78-50-73-13)69(76-16)70(77-17)68(65)79-51-74-14/h26,28,30,32,34,36,38,40,42-47,66H,18-25,27,29,31,33,35,37,39,41,48-51H2,1-17H3/b53-28+,54-30+,55-32+,56-34+,57-36+,58-38+,59-40+,60-42+,61-43+. The molecule has 9 nitrogen and oxygen atoms in total. The number of ether oxygens (including phenoxy) is 7. The van der Waals surface area contributed by atoms with E-state index in [9.17, 15) is 8.42 Å². The summed E-state index contributed by atoms with van der Waals surface area (Å²) in [5, 5.41) is -0.825. The first-order valence-corrected chi connectivity index (χ1v) is 30.7. The van der Waals surface area contributed by atoms with Gasteiger partial charge < -0.3 is 33.2 Å². The van der Waals surface area contributed by atoms with Crippen molar-refractivity contribution < 1.29 is 41.6 Å². The molecule has 0 aromatic heterocycles. The van der Waals surface area contributed by atoms with Gasteiger partial charge in [0.05, 0.1) is 31.5 Å². The van der Waals surface area contributed by atoms with Crippen molar-refractivity contribution in [2.45, 2.75) is 209 Å². The summed E-state index contributed by atoms with van der Waals surface area (Å²) in [5.74, 6) is 2.15. The van der Waals surface area contributed by atoms with Gasteiger partial charge in [0, 0.05) is 25.3 Å². The number of sulfone groups is 1. The van der Waals surface area contributed by atoms with E-state index in [0.717, 1.165) is 113 Å². The fourth-order valence-corrected chi connectivity index (χ4v) is 11.2. The number of allylic oxidation sites excluding steroid dienone is 19. The molecule has 0 radical (unpaired) electrons. The molecule has 1 atom stereocenters. The van der Waals surface area contributed by atoms with Crippen molar-refractivity contribution in [3.05, 3.63) is 152 Å². The Kier molecular flexibility index (Phi) is 35.4. The topological polar surface area (TPSA) is 98.8 Å². The largest absolute Gasteiger partial charge is 0.497 e. The number of hydrogen-bond donors (Lipinski definition) is 0. The van der Waals surface area contributed by atoms with E-state index in [0.29, 0.717) is 47.2 Å². The average molecular weight is 1120 g/mol. The zero-order chi connectivity index (χ0) is 59.5. The maximum Gasteiger partial charge on any atom is 0.207 e. The van der Waals surface area contributed by atoms with Gasteiger partial charge in [-0.15, -0.1) is 0 Å². The molecule has 0 saturated heterocycles. The maximum atomic E-state index is 14.5. The van der Waals surface area contributed by atoms with Crippen LogP contribution in [0.4, 0.5) is 0 Å². The Bertz CT molecular complexity index is 2610. The van der Waals surface area contributed by atoms with Crippen molar-refractivity contribution in [3.63, 3.8) is 0 Å². The van der Waals surface area contributed by atoms with Crippen LogP contribution in [-0.2, 0) is 25.7 Å². The van der Waals surface area contributed by atoms with E-state index in [1.807, 2.05) is 19.9 Å². The lowest BCUT2D eigenvalue weighted by Gasteiger charge is -2.23. The van der Waals surface area contributed by atoms with Gasteiger partial charge in [-0.1, -0.05) is 116 Å². The van der Waals surface area contributed by atoms with E-state index in [-0.39, 0.29) is 18.5 Å². The van der Waals surface area contributed by atoms with Crippen LogP contribution in [0.1, 0.15) is 196 Å². The monoisotopic (exact) mass is 1120 g/mol. The highest BCUT2D eigenvalue weighted by Crippen LogP contribution is 2.50. The van der Waals surface area contributed by atoms with Crippen LogP contribution in [0.5, 0.6) is 28.7 Å². The van der Waals surface area contributed by atoms with Crippen LogP contribution >= 0.6 is 0 Å². The van der Waals surface area contributed by atoms with Crippen molar-refractivity contribution >= 4 is 9.84 Å². The van der Waals surface area contributed by atoms with Gasteiger partial charge in [0.1, 0.15) is 5.75 Å². The molecular formula is C70H106O9S. The molecule has 0 fully saturated rings. The zero-order valence-electron chi connectivity index (χ0n) is 52.9. The predicted octanol–water partition coefficient (Wildman–Crippen LogP) is 19.5. The second kappa shape index (κ2) is 40.0. The molecule has 0 aliphatic rings. The first-order chi connectivity index (χ1) is 38.2. The number of methoxy groups -OCH3 is 5. The quantitative estimate of drug-likeness (QED) is 0.0477. The van der Waals surface area contributed by atoms with E-state index >= 15 is 0 Å². The highest BCUT2D eigenvalue weighted by molar-refractivity contribution is 7.92. The molecule has 0 aliphatic carbocycles. The van der Waals surface area contributed by atoms with E-state index < -0.39 is 15.1 Å². The fourth-order valence-electron chi connectivity index (χ4n) is 9.42. The van der Waals surface area contributed by atoms with Crippen LogP contribution < -0.4 is 23.7 Å². The molecule has 10 heteroatoms. The Labute approximate surface area is 487 Å². The second-order valence-corrected chi connectivity index (χ2v) is 24.2. The molecule has 446 valence electrons. The lowest BCUT2D eigenvalue weighted by atomic mass is 9.99. The Morgan fingerprint density at radius 3 is 1.10 bits per heavy atom. The second-order valence-electron chi connectivity index (χ2n) is 22.0. The molecule has 0 N–H and O–H groups in total. The van der Waals surface area contributed by atoms with Crippen LogP contribution in [-0.4, -0.2) is 62.8 Å². The van der Waals surface area contributed by atoms with Gasteiger partial charge in [-0.2, -0.15) is 0 Å². The van der Waals surface area contributed by atoms with Crippen LogP contribution in [0.25, 0.3) is 0 Å². The van der Waals surface area contributed by atoms with Gasteiger partial charge in [-0.05, 0) is 223 Å². The number of hydrogen-bond acceptors (Lipinski definition) is 9. The lowest BCUT2D eigenvalue weighted by molar-refractivity contribution is 0.0439. The summed E-state index contributed by atoms with van der Waals surface area (Å²) in [5.41, 5.74) is 15.0. The van der Waals surface area contributed by atoms with Gasteiger partial charge >= 0.3 is 0 Å². The molecule has 2 aromatic rings. The molecule has 0 aliphatic heterocycles. The fraction of sp³-hybridized carbons (Fsp3) is 0.543. The minimum atomic E-state index is -3.82. The maximum absolute atomic E-state index is 14.5. The summed E-state index contributed by atoms with van der Waals surface area (Å²) < 4.78 is 68.4. The van der Waals surface area contributed by atoms with Gasteiger partial charge in [0.25, 0.3) is 0 Å². The van der Waals surface area contributed by atoms with Crippen LogP contribution in [0.15, 0.2) is 146 Å². The molecule has 2 rings (SSSR count). The van der Waals surface area contributed by atoms with Crippen molar-refractivity contribution in [2.75, 3.05) is 49.1 Å². The van der Waals surface area contributed by atoms with Crippen molar-refractivity contribution in [1.29, 1.82) is 0 Å². The zero-order valence-corrected chi connectivity index (χ0v) is 53.7. The molecule has 0 heterocycles. The minimum Gasteiger partial charge on any atom is -0.497 e. The first-order valence-electron chi connectivity index (χ1n) is 29.2. The molecule has 0 saturated carbocycles. The Morgan fingerprint density at radius 1 is 0.425 bits per heavy atom. The van der Waals surface area contributed by atoms with E-state index in [1.54, 1.807) is 45.6 Å². The van der Waals surface area contributed by atoms with Crippen molar-refractivity contribution in [1.82, 2.24) is 0 Å². The Morgan fingerprint density at radius 2 is 0.762 bits per heavy atom. The van der Waals surface area contributed by atoms with E-state index in [4.69, 9.17) is 33.2 Å². The summed E-state index contributed by atoms with van der Waals surface area (Å²) in [7, 11) is 3.89. The molecular weight excluding hydrogens is 1020 g/mol. The normalized spacial score (nSPS) is 14.1. The van der Waals surface area contributed by atoms with Gasteiger partial charge in [0.15, 0.2) is 34.9 Å². The molecule has 0 amide bonds. The lowest BCUT2D eigenvalue weighted by Crippen LogP contribution is -2.23.